The van der Waals surface area contributed by atoms with Gasteiger partial charge in [-0.05, 0) is 47.0 Å². The van der Waals surface area contributed by atoms with Crippen LogP contribution in [-0.4, -0.2) is 11.7 Å². The number of fused-ring (bicyclic) bond motifs is 1. The molecule has 0 saturated heterocycles. The maximum atomic E-state index is 13.3. The van der Waals surface area contributed by atoms with E-state index in [-0.39, 0.29) is 5.82 Å². The van der Waals surface area contributed by atoms with Crippen LogP contribution in [0.5, 0.6) is 5.75 Å². The Labute approximate surface area is 125 Å². The van der Waals surface area contributed by atoms with E-state index in [9.17, 15) is 9.50 Å². The molecule has 20 heavy (non-hydrogen) atoms. The third kappa shape index (κ3) is 2.72. The van der Waals surface area contributed by atoms with E-state index in [1.54, 1.807) is 6.07 Å². The molecule has 104 valence electrons. The average Bonchev–Trinajstić information content (AvgIpc) is 2.90. The number of rotatable bonds is 3. The number of aliphatic hydroxyl groups is 1. The van der Waals surface area contributed by atoms with E-state index in [4.69, 9.17) is 4.74 Å². The van der Waals surface area contributed by atoms with Crippen LogP contribution in [0.25, 0.3) is 0 Å². The van der Waals surface area contributed by atoms with Crippen LogP contribution in [-0.2, 0) is 12.8 Å². The van der Waals surface area contributed by atoms with Crippen molar-refractivity contribution in [2.75, 3.05) is 6.61 Å². The SMILES string of the molecule is OC(Cc1cc(F)ccc1Br)c1ccc2c(c1)CCO2. The Morgan fingerprint density at radius 1 is 1.25 bits per heavy atom. The zero-order valence-corrected chi connectivity index (χ0v) is 12.4. The highest BCUT2D eigenvalue weighted by Crippen LogP contribution is 2.30. The van der Waals surface area contributed by atoms with Crippen molar-refractivity contribution in [2.24, 2.45) is 0 Å². The Balaban J connectivity index is 1.82. The Morgan fingerprint density at radius 3 is 2.95 bits per heavy atom. The summed E-state index contributed by atoms with van der Waals surface area (Å²) in [5, 5.41) is 10.3. The predicted molar refractivity (Wildman–Crippen MR) is 78.4 cm³/mol. The molecule has 2 aromatic rings. The second-order valence-electron chi connectivity index (χ2n) is 4.92. The first kappa shape index (κ1) is 13.6. The van der Waals surface area contributed by atoms with Gasteiger partial charge in [0.25, 0.3) is 0 Å². The molecule has 0 aliphatic carbocycles. The number of ether oxygens (including phenoxy) is 1. The van der Waals surface area contributed by atoms with Crippen LogP contribution in [0.3, 0.4) is 0 Å². The molecule has 2 aromatic carbocycles. The van der Waals surface area contributed by atoms with Gasteiger partial charge in [-0.15, -0.1) is 0 Å². The van der Waals surface area contributed by atoms with E-state index in [0.717, 1.165) is 33.3 Å². The molecule has 0 spiro atoms. The lowest BCUT2D eigenvalue weighted by molar-refractivity contribution is 0.178. The van der Waals surface area contributed by atoms with Gasteiger partial charge in [0.15, 0.2) is 0 Å². The molecule has 0 saturated carbocycles. The maximum Gasteiger partial charge on any atom is 0.123 e. The molecule has 0 fully saturated rings. The van der Waals surface area contributed by atoms with E-state index < -0.39 is 6.10 Å². The van der Waals surface area contributed by atoms with Gasteiger partial charge in [-0.25, -0.2) is 4.39 Å². The van der Waals surface area contributed by atoms with E-state index >= 15 is 0 Å². The highest BCUT2D eigenvalue weighted by atomic mass is 79.9. The van der Waals surface area contributed by atoms with Crippen molar-refractivity contribution in [3.63, 3.8) is 0 Å². The lowest BCUT2D eigenvalue weighted by atomic mass is 9.99. The molecule has 1 atom stereocenters. The molecule has 0 amide bonds. The standard InChI is InChI=1S/C16H14BrFO2/c17-14-3-2-13(18)8-12(14)9-15(19)10-1-4-16-11(7-10)5-6-20-16/h1-4,7-8,15,19H,5-6,9H2. The quantitative estimate of drug-likeness (QED) is 0.923. The second kappa shape index (κ2) is 5.54. The minimum atomic E-state index is -0.654. The van der Waals surface area contributed by atoms with Crippen LogP contribution >= 0.6 is 15.9 Å². The zero-order valence-electron chi connectivity index (χ0n) is 10.8. The first-order valence-corrected chi connectivity index (χ1v) is 7.30. The van der Waals surface area contributed by atoms with Crippen LogP contribution < -0.4 is 4.74 Å². The topological polar surface area (TPSA) is 29.5 Å². The number of hydrogen-bond acceptors (Lipinski definition) is 2. The molecule has 4 heteroatoms. The highest BCUT2D eigenvalue weighted by molar-refractivity contribution is 9.10. The smallest absolute Gasteiger partial charge is 0.123 e. The molecule has 1 aliphatic heterocycles. The molecule has 3 rings (SSSR count). The van der Waals surface area contributed by atoms with Crippen molar-refractivity contribution >= 4 is 15.9 Å². The molecule has 0 bridgehead atoms. The van der Waals surface area contributed by atoms with Crippen LogP contribution in [0.2, 0.25) is 0 Å². The number of aliphatic hydroxyl groups excluding tert-OH is 1. The van der Waals surface area contributed by atoms with E-state index in [1.807, 2.05) is 18.2 Å². The molecular formula is C16H14BrFO2. The van der Waals surface area contributed by atoms with Crippen molar-refractivity contribution in [1.82, 2.24) is 0 Å². The van der Waals surface area contributed by atoms with Crippen LogP contribution in [0.15, 0.2) is 40.9 Å². The summed E-state index contributed by atoms with van der Waals surface area (Å²) in [5.41, 5.74) is 2.72. The lowest BCUT2D eigenvalue weighted by Gasteiger charge is -2.13. The Morgan fingerprint density at radius 2 is 2.10 bits per heavy atom. The first-order chi connectivity index (χ1) is 9.63. The van der Waals surface area contributed by atoms with Gasteiger partial charge < -0.3 is 9.84 Å². The molecular weight excluding hydrogens is 323 g/mol. The summed E-state index contributed by atoms with van der Waals surface area (Å²) < 4.78 is 19.5. The summed E-state index contributed by atoms with van der Waals surface area (Å²) in [7, 11) is 0. The van der Waals surface area contributed by atoms with Gasteiger partial charge in [-0.3, -0.25) is 0 Å². The summed E-state index contributed by atoms with van der Waals surface area (Å²) in [6.45, 7) is 0.699. The van der Waals surface area contributed by atoms with Crippen molar-refractivity contribution < 1.29 is 14.2 Å². The molecule has 2 nitrogen and oxygen atoms in total. The summed E-state index contributed by atoms with van der Waals surface area (Å²) in [5.74, 6) is 0.602. The van der Waals surface area contributed by atoms with Gasteiger partial charge in [-0.2, -0.15) is 0 Å². The van der Waals surface area contributed by atoms with Gasteiger partial charge in [0.2, 0.25) is 0 Å². The van der Waals surface area contributed by atoms with Gasteiger partial charge >= 0.3 is 0 Å². The van der Waals surface area contributed by atoms with E-state index in [0.29, 0.717) is 13.0 Å². The number of halogens is 2. The summed E-state index contributed by atoms with van der Waals surface area (Å²) in [6.07, 6.45) is 0.594. The Bertz CT molecular complexity index is 642. The maximum absolute atomic E-state index is 13.3. The Kier molecular flexibility index (Phi) is 3.76. The van der Waals surface area contributed by atoms with E-state index in [1.165, 1.54) is 12.1 Å². The second-order valence-corrected chi connectivity index (χ2v) is 5.78. The van der Waals surface area contributed by atoms with Crippen molar-refractivity contribution in [3.8, 4) is 5.75 Å². The molecule has 0 radical (unpaired) electrons. The van der Waals surface area contributed by atoms with Crippen molar-refractivity contribution in [2.45, 2.75) is 18.9 Å². The predicted octanol–water partition coefficient (Wildman–Crippen LogP) is 3.80. The minimum absolute atomic E-state index is 0.294. The number of hydrogen-bond donors (Lipinski definition) is 1. The molecule has 0 aromatic heterocycles. The van der Waals surface area contributed by atoms with Gasteiger partial charge in [0.05, 0.1) is 12.7 Å². The molecule has 1 aliphatic rings. The fourth-order valence-electron chi connectivity index (χ4n) is 2.44. The zero-order chi connectivity index (χ0) is 14.1. The fraction of sp³-hybridized carbons (Fsp3) is 0.250. The van der Waals surface area contributed by atoms with Crippen LogP contribution in [0.4, 0.5) is 4.39 Å². The first-order valence-electron chi connectivity index (χ1n) is 6.51. The van der Waals surface area contributed by atoms with Crippen LogP contribution in [0.1, 0.15) is 22.8 Å². The molecule has 1 unspecified atom stereocenters. The Hall–Kier alpha value is -1.39. The molecule has 1 N–H and O–H groups in total. The normalized spacial score (nSPS) is 14.8. The third-order valence-corrected chi connectivity index (χ3v) is 4.29. The van der Waals surface area contributed by atoms with Crippen LogP contribution in [0, 0.1) is 5.82 Å². The van der Waals surface area contributed by atoms with Gasteiger partial charge in [0.1, 0.15) is 11.6 Å². The fourth-order valence-corrected chi connectivity index (χ4v) is 2.85. The monoisotopic (exact) mass is 336 g/mol. The highest BCUT2D eigenvalue weighted by Gasteiger charge is 2.16. The lowest BCUT2D eigenvalue weighted by Crippen LogP contribution is -2.03. The largest absolute Gasteiger partial charge is 0.493 e. The summed E-state index contributed by atoms with van der Waals surface area (Å²) in [4.78, 5) is 0. The van der Waals surface area contributed by atoms with Crippen molar-refractivity contribution in [1.29, 1.82) is 0 Å². The summed E-state index contributed by atoms with van der Waals surface area (Å²) >= 11 is 3.38. The third-order valence-electron chi connectivity index (χ3n) is 3.52. The number of benzene rings is 2. The van der Waals surface area contributed by atoms with Crippen molar-refractivity contribution in [3.05, 3.63) is 63.4 Å². The summed E-state index contributed by atoms with van der Waals surface area (Å²) in [6, 6.07) is 10.2. The minimum Gasteiger partial charge on any atom is -0.493 e. The van der Waals surface area contributed by atoms with Gasteiger partial charge in [-0.1, -0.05) is 22.0 Å². The average molecular weight is 337 g/mol. The van der Waals surface area contributed by atoms with E-state index in [2.05, 4.69) is 15.9 Å². The molecule has 1 heterocycles. The van der Waals surface area contributed by atoms with Gasteiger partial charge in [0, 0.05) is 17.3 Å².